The predicted molar refractivity (Wildman–Crippen MR) is 79.8 cm³/mol. The van der Waals surface area contributed by atoms with E-state index in [4.69, 9.17) is 5.11 Å². The molecule has 0 radical (unpaired) electrons. The number of amides is 2. The zero-order valence-electron chi connectivity index (χ0n) is 12.0. The van der Waals surface area contributed by atoms with Gasteiger partial charge in [0.25, 0.3) is 0 Å². The van der Waals surface area contributed by atoms with Crippen LogP contribution in [-0.4, -0.2) is 30.2 Å². The Kier molecular flexibility index (Phi) is 3.82. The topological polar surface area (TPSA) is 69.6 Å². The number of carbonyl (C=O) groups excluding carboxylic acids is 1. The maximum atomic E-state index is 12.3. The largest absolute Gasteiger partial charge is 0.478 e. The molecule has 1 aliphatic heterocycles. The fourth-order valence-electron chi connectivity index (χ4n) is 2.97. The normalized spacial score (nSPS) is 17.8. The smallest absolute Gasteiger partial charge is 0.335 e. The van der Waals surface area contributed by atoms with Crippen LogP contribution in [0.5, 0.6) is 0 Å². The summed E-state index contributed by atoms with van der Waals surface area (Å²) in [6.07, 6.45) is 5.37. The van der Waals surface area contributed by atoms with Crippen molar-refractivity contribution in [3.05, 3.63) is 29.3 Å². The molecular formula is C16H20N2O3. The molecule has 5 heteroatoms. The Balaban J connectivity index is 1.73. The van der Waals surface area contributed by atoms with E-state index in [0.29, 0.717) is 12.5 Å². The number of carbonyl (C=O) groups is 2. The summed E-state index contributed by atoms with van der Waals surface area (Å²) in [4.78, 5) is 25.1. The first-order valence-corrected chi connectivity index (χ1v) is 7.57. The molecule has 112 valence electrons. The number of carboxylic acids is 1. The molecule has 2 N–H and O–H groups in total. The number of nitrogens with one attached hydrogen (secondary N) is 1. The minimum atomic E-state index is -0.927. The molecule has 0 saturated heterocycles. The van der Waals surface area contributed by atoms with E-state index in [0.717, 1.165) is 30.6 Å². The first-order valence-electron chi connectivity index (χ1n) is 7.57. The maximum Gasteiger partial charge on any atom is 0.335 e. The van der Waals surface area contributed by atoms with Crippen LogP contribution >= 0.6 is 0 Å². The van der Waals surface area contributed by atoms with Gasteiger partial charge in [0, 0.05) is 18.8 Å². The van der Waals surface area contributed by atoms with E-state index < -0.39 is 5.97 Å². The van der Waals surface area contributed by atoms with Crippen LogP contribution in [0.3, 0.4) is 0 Å². The molecule has 1 aromatic carbocycles. The van der Waals surface area contributed by atoms with E-state index in [-0.39, 0.29) is 11.6 Å². The summed E-state index contributed by atoms with van der Waals surface area (Å²) in [5.74, 6) is -0.294. The van der Waals surface area contributed by atoms with Gasteiger partial charge in [-0.05, 0) is 55.4 Å². The van der Waals surface area contributed by atoms with Gasteiger partial charge in [0.15, 0.2) is 0 Å². The van der Waals surface area contributed by atoms with Crippen LogP contribution < -0.4 is 10.2 Å². The fourth-order valence-corrected chi connectivity index (χ4v) is 2.97. The number of benzene rings is 1. The Morgan fingerprint density at radius 2 is 2.10 bits per heavy atom. The summed E-state index contributed by atoms with van der Waals surface area (Å²) in [6.45, 7) is 1.44. The second-order valence-electron chi connectivity index (χ2n) is 5.89. The predicted octanol–water partition coefficient (Wildman–Crippen LogP) is 2.65. The highest BCUT2D eigenvalue weighted by molar-refractivity contribution is 5.95. The Bertz CT molecular complexity index is 567. The molecule has 2 amide bonds. The molecule has 21 heavy (non-hydrogen) atoms. The van der Waals surface area contributed by atoms with Gasteiger partial charge in [-0.15, -0.1) is 0 Å². The number of fused-ring (bicyclic) bond motifs is 1. The standard InChI is InChI=1S/C16H20N2O3/c19-15(20)13-6-7-14-12(9-13)5-2-8-18(14)16(21)17-10-11-3-1-4-11/h6-7,9,11H,1-5,8,10H2,(H,17,21)(H,19,20). The van der Waals surface area contributed by atoms with Gasteiger partial charge in [-0.3, -0.25) is 4.90 Å². The van der Waals surface area contributed by atoms with Crippen molar-refractivity contribution in [3.8, 4) is 0 Å². The third-order valence-corrected chi connectivity index (χ3v) is 4.46. The lowest BCUT2D eigenvalue weighted by molar-refractivity contribution is 0.0696. The number of nitrogens with zero attached hydrogens (tertiary/aromatic N) is 1. The number of rotatable bonds is 3. The number of hydrogen-bond donors (Lipinski definition) is 2. The molecule has 1 heterocycles. The summed E-state index contributed by atoms with van der Waals surface area (Å²) in [5.41, 5.74) is 2.07. The molecule has 0 bridgehead atoms. The molecule has 1 fully saturated rings. The molecule has 1 saturated carbocycles. The first kappa shape index (κ1) is 13.9. The monoisotopic (exact) mass is 288 g/mol. The van der Waals surface area contributed by atoms with Crippen molar-refractivity contribution in [1.82, 2.24) is 5.32 Å². The van der Waals surface area contributed by atoms with Gasteiger partial charge in [0.05, 0.1) is 5.56 Å². The molecular weight excluding hydrogens is 268 g/mol. The van der Waals surface area contributed by atoms with Crippen molar-refractivity contribution < 1.29 is 14.7 Å². The van der Waals surface area contributed by atoms with E-state index in [9.17, 15) is 9.59 Å². The van der Waals surface area contributed by atoms with Crippen molar-refractivity contribution >= 4 is 17.7 Å². The molecule has 3 rings (SSSR count). The fraction of sp³-hybridized carbons (Fsp3) is 0.500. The number of aromatic carboxylic acids is 1. The number of hydrogen-bond acceptors (Lipinski definition) is 2. The molecule has 1 aliphatic carbocycles. The highest BCUT2D eigenvalue weighted by atomic mass is 16.4. The Morgan fingerprint density at radius 1 is 1.29 bits per heavy atom. The SMILES string of the molecule is O=C(O)c1ccc2c(c1)CCCN2C(=O)NCC1CCC1. The van der Waals surface area contributed by atoms with Crippen LogP contribution in [0, 0.1) is 5.92 Å². The van der Waals surface area contributed by atoms with Crippen molar-refractivity contribution in [3.63, 3.8) is 0 Å². The van der Waals surface area contributed by atoms with Gasteiger partial charge in [0.2, 0.25) is 0 Å². The second-order valence-corrected chi connectivity index (χ2v) is 5.89. The molecule has 0 aromatic heterocycles. The van der Waals surface area contributed by atoms with Gasteiger partial charge >= 0.3 is 12.0 Å². The summed E-state index contributed by atoms with van der Waals surface area (Å²) in [6, 6.07) is 4.94. The highest BCUT2D eigenvalue weighted by Gasteiger charge is 2.25. The molecule has 2 aliphatic rings. The summed E-state index contributed by atoms with van der Waals surface area (Å²) in [5, 5.41) is 12.1. The van der Waals surface area contributed by atoms with Crippen molar-refractivity contribution in [1.29, 1.82) is 0 Å². The van der Waals surface area contributed by atoms with Crippen molar-refractivity contribution in [2.75, 3.05) is 18.0 Å². The lowest BCUT2D eigenvalue weighted by atomic mass is 9.85. The Hall–Kier alpha value is -2.04. The van der Waals surface area contributed by atoms with E-state index >= 15 is 0 Å². The Morgan fingerprint density at radius 3 is 2.76 bits per heavy atom. The zero-order valence-corrected chi connectivity index (χ0v) is 12.0. The van der Waals surface area contributed by atoms with Crippen molar-refractivity contribution in [2.45, 2.75) is 32.1 Å². The lowest BCUT2D eigenvalue weighted by Gasteiger charge is -2.31. The van der Waals surface area contributed by atoms with Crippen molar-refractivity contribution in [2.24, 2.45) is 5.92 Å². The minimum absolute atomic E-state index is 0.0640. The summed E-state index contributed by atoms with van der Waals surface area (Å²) in [7, 11) is 0. The average molecular weight is 288 g/mol. The second kappa shape index (κ2) is 5.76. The number of anilines is 1. The van der Waals surface area contributed by atoms with E-state index in [1.807, 2.05) is 0 Å². The molecule has 5 nitrogen and oxygen atoms in total. The van der Waals surface area contributed by atoms with Gasteiger partial charge in [-0.25, -0.2) is 9.59 Å². The van der Waals surface area contributed by atoms with Gasteiger partial charge in [-0.1, -0.05) is 6.42 Å². The van der Waals surface area contributed by atoms with Gasteiger partial charge in [0.1, 0.15) is 0 Å². The highest BCUT2D eigenvalue weighted by Crippen LogP contribution is 2.29. The quantitative estimate of drug-likeness (QED) is 0.898. The minimum Gasteiger partial charge on any atom is -0.478 e. The third-order valence-electron chi connectivity index (χ3n) is 4.46. The van der Waals surface area contributed by atoms with E-state index in [1.165, 1.54) is 19.3 Å². The van der Waals surface area contributed by atoms with Crippen LogP contribution in [0.15, 0.2) is 18.2 Å². The molecule has 0 spiro atoms. The van der Waals surface area contributed by atoms with Crippen LogP contribution in [-0.2, 0) is 6.42 Å². The van der Waals surface area contributed by atoms with Crippen LogP contribution in [0.2, 0.25) is 0 Å². The van der Waals surface area contributed by atoms with Gasteiger partial charge in [-0.2, -0.15) is 0 Å². The number of carboxylic acid groups (broad SMARTS) is 1. The number of aryl methyl sites for hydroxylation is 1. The summed E-state index contributed by atoms with van der Waals surface area (Å²) >= 11 is 0. The lowest BCUT2D eigenvalue weighted by Crippen LogP contribution is -2.45. The molecule has 0 unspecified atom stereocenters. The van der Waals surface area contributed by atoms with E-state index in [2.05, 4.69) is 5.32 Å². The van der Waals surface area contributed by atoms with E-state index in [1.54, 1.807) is 23.1 Å². The molecule has 0 atom stereocenters. The van der Waals surface area contributed by atoms with Gasteiger partial charge < -0.3 is 10.4 Å². The first-order chi connectivity index (χ1) is 10.1. The average Bonchev–Trinajstić information content (AvgIpc) is 2.44. The summed E-state index contributed by atoms with van der Waals surface area (Å²) < 4.78 is 0. The third kappa shape index (κ3) is 2.86. The van der Waals surface area contributed by atoms with Crippen LogP contribution in [0.4, 0.5) is 10.5 Å². The zero-order chi connectivity index (χ0) is 14.8. The molecule has 1 aromatic rings. The number of urea groups is 1. The maximum absolute atomic E-state index is 12.3. The van der Waals surface area contributed by atoms with Crippen LogP contribution in [0.1, 0.15) is 41.6 Å². The van der Waals surface area contributed by atoms with Crippen LogP contribution in [0.25, 0.3) is 0 Å². The Labute approximate surface area is 123 Å².